The molecule has 1 unspecified atom stereocenters. The third kappa shape index (κ3) is 10.2. The van der Waals surface area contributed by atoms with Crippen LogP contribution < -0.4 is 10.6 Å². The zero-order valence-corrected chi connectivity index (χ0v) is 23.7. The molecule has 2 atom stereocenters. The number of aromatic nitrogens is 3. The molecule has 0 spiro atoms. The summed E-state index contributed by atoms with van der Waals surface area (Å²) in [5.41, 5.74) is 1.71. The van der Waals surface area contributed by atoms with E-state index in [9.17, 15) is 48.5 Å². The molecule has 1 aromatic heterocycles. The summed E-state index contributed by atoms with van der Waals surface area (Å²) in [5.74, 6) is -5.82. The lowest BCUT2D eigenvalue weighted by Gasteiger charge is -2.18. The van der Waals surface area contributed by atoms with Gasteiger partial charge in [-0.1, -0.05) is 29.5 Å². The molecule has 0 aliphatic rings. The molecule has 2 aromatic carbocycles. The number of ketones is 1. The van der Waals surface area contributed by atoms with E-state index in [0.717, 1.165) is 0 Å². The largest absolute Gasteiger partial charge is 0.481 e. The first-order chi connectivity index (χ1) is 21.4. The summed E-state index contributed by atoms with van der Waals surface area (Å²) in [4.78, 5) is 70.9. The molecule has 2 amide bonds. The van der Waals surface area contributed by atoms with Crippen molar-refractivity contribution in [2.24, 2.45) is 0 Å². The highest BCUT2D eigenvalue weighted by Crippen LogP contribution is 2.18. The van der Waals surface area contributed by atoms with E-state index in [4.69, 9.17) is 5.11 Å². The van der Waals surface area contributed by atoms with Crippen molar-refractivity contribution in [3.05, 3.63) is 76.6 Å². The van der Waals surface area contributed by atoms with Crippen molar-refractivity contribution >= 4 is 35.7 Å². The number of hydrogen-bond donors (Lipinski definition) is 6. The lowest BCUT2D eigenvalue weighted by atomic mass is 9.98. The van der Waals surface area contributed by atoms with Gasteiger partial charge in [0.2, 0.25) is 0 Å². The number of halogens is 1. The molecule has 0 aliphatic heterocycles. The van der Waals surface area contributed by atoms with Crippen LogP contribution in [0.2, 0.25) is 0 Å². The first-order valence-corrected chi connectivity index (χ1v) is 13.6. The van der Waals surface area contributed by atoms with Gasteiger partial charge in [0, 0.05) is 24.8 Å². The molecule has 0 saturated carbocycles. The fourth-order valence-electron chi connectivity index (χ4n) is 4.21. The van der Waals surface area contributed by atoms with Crippen LogP contribution in [0.5, 0.6) is 0 Å². The van der Waals surface area contributed by atoms with E-state index in [1.165, 1.54) is 29.1 Å². The number of aryl methyl sites for hydroxylation is 1. The van der Waals surface area contributed by atoms with Gasteiger partial charge in [0.25, 0.3) is 0 Å². The number of aromatic carboxylic acids is 1. The fourth-order valence-corrected chi connectivity index (χ4v) is 4.21. The number of benzene rings is 2. The predicted molar refractivity (Wildman–Crippen MR) is 152 cm³/mol. The number of nitrogens with zero attached hydrogens (tertiary/aromatic N) is 3. The molecule has 0 bridgehead atoms. The smallest absolute Gasteiger partial charge is 0.335 e. The number of Topliss-reactive ketones (excluding diaryl/α,β-unsaturated/α-hetero) is 1. The summed E-state index contributed by atoms with van der Waals surface area (Å²) < 4.78 is 13.8. The van der Waals surface area contributed by atoms with E-state index in [1.54, 1.807) is 24.3 Å². The third-order valence-electron chi connectivity index (χ3n) is 6.54. The average Bonchev–Trinajstić information content (AvgIpc) is 3.47. The maximum absolute atomic E-state index is 13.1. The molecule has 0 saturated heterocycles. The van der Waals surface area contributed by atoms with Crippen molar-refractivity contribution in [2.45, 2.75) is 50.6 Å². The number of rotatable bonds is 17. The third-order valence-corrected chi connectivity index (χ3v) is 6.54. The van der Waals surface area contributed by atoms with Gasteiger partial charge in [-0.25, -0.2) is 23.9 Å². The SMILES string of the molecule is O=C(O)CCC(NC(=O)N[C@@H](Cc1ccc(CC(=O)c2cc(C(=O)O)cc(-n3cc(CCCF)nn3)c2)cc1)C(=O)O)C(=O)O. The van der Waals surface area contributed by atoms with Gasteiger partial charge in [-0.15, -0.1) is 5.10 Å². The van der Waals surface area contributed by atoms with E-state index in [2.05, 4.69) is 20.9 Å². The van der Waals surface area contributed by atoms with Crippen LogP contribution in [0.4, 0.5) is 9.18 Å². The summed E-state index contributed by atoms with van der Waals surface area (Å²) in [5, 5.41) is 49.1. The molecule has 45 heavy (non-hydrogen) atoms. The number of alkyl halides is 1. The van der Waals surface area contributed by atoms with Crippen molar-refractivity contribution in [1.29, 1.82) is 0 Å². The highest BCUT2D eigenvalue weighted by molar-refractivity contribution is 6.00. The van der Waals surface area contributed by atoms with Crippen LogP contribution >= 0.6 is 0 Å². The molecule has 3 rings (SSSR count). The van der Waals surface area contributed by atoms with E-state index in [0.29, 0.717) is 23.2 Å². The molecule has 1 heterocycles. The minimum atomic E-state index is -1.54. The maximum Gasteiger partial charge on any atom is 0.335 e. The zero-order valence-electron chi connectivity index (χ0n) is 23.7. The second kappa shape index (κ2) is 15.7. The van der Waals surface area contributed by atoms with Gasteiger partial charge in [-0.3, -0.25) is 14.0 Å². The van der Waals surface area contributed by atoms with Crippen LogP contribution in [0.15, 0.2) is 48.7 Å². The van der Waals surface area contributed by atoms with Crippen LogP contribution in [0.1, 0.15) is 56.8 Å². The Hall–Kier alpha value is -5.67. The molecule has 0 aliphatic carbocycles. The van der Waals surface area contributed by atoms with E-state index >= 15 is 0 Å². The Labute approximate surface area is 254 Å². The Morgan fingerprint density at radius 2 is 1.47 bits per heavy atom. The topological polar surface area (TPSA) is 238 Å². The van der Waals surface area contributed by atoms with E-state index < -0.39 is 67.3 Å². The van der Waals surface area contributed by atoms with Crippen molar-refractivity contribution in [1.82, 2.24) is 25.6 Å². The van der Waals surface area contributed by atoms with Gasteiger partial charge in [0.1, 0.15) is 12.1 Å². The molecule has 0 radical (unpaired) electrons. The van der Waals surface area contributed by atoms with Crippen molar-refractivity contribution in [2.75, 3.05) is 6.67 Å². The summed E-state index contributed by atoms with van der Waals surface area (Å²) in [6.07, 6.45) is 0.871. The van der Waals surface area contributed by atoms with E-state index in [-0.39, 0.29) is 36.1 Å². The Balaban J connectivity index is 1.68. The number of carbonyl (C=O) groups is 6. The number of carbonyl (C=O) groups excluding carboxylic acids is 2. The molecular formula is C29H30FN5O10. The fraction of sp³-hybridized carbons (Fsp3) is 0.310. The number of amides is 2. The van der Waals surface area contributed by atoms with E-state index in [1.807, 2.05) is 0 Å². The summed E-state index contributed by atoms with van der Waals surface area (Å²) in [6.45, 7) is -0.526. The normalized spacial score (nSPS) is 12.1. The first-order valence-electron chi connectivity index (χ1n) is 13.6. The molecule has 15 nitrogen and oxygen atoms in total. The maximum atomic E-state index is 13.1. The zero-order chi connectivity index (χ0) is 33.1. The van der Waals surface area contributed by atoms with Crippen LogP contribution in [0, 0.1) is 0 Å². The number of carboxylic acids is 4. The van der Waals surface area contributed by atoms with Gasteiger partial charge in [-0.2, -0.15) is 0 Å². The summed E-state index contributed by atoms with van der Waals surface area (Å²) in [6, 6.07) is 6.12. The molecule has 238 valence electrons. The standard InChI is InChI=1S/C29H30FN5O10/c30-9-1-2-20-15-35(34-33-20)21-13-18(12-19(14-21)26(39)40)24(36)11-17-5-3-16(4-6-17)10-23(28(43)44)32-29(45)31-22(27(41)42)7-8-25(37)38/h3-6,12-15,22-23H,1-2,7-11H2,(H,37,38)(H,39,40)(H,41,42)(H,43,44)(H2,31,32,45)/t22?,23-/m0/s1. The predicted octanol–water partition coefficient (Wildman–Crippen LogP) is 1.91. The Morgan fingerprint density at radius 3 is 2.07 bits per heavy atom. The quantitative estimate of drug-likeness (QED) is 0.118. The highest BCUT2D eigenvalue weighted by atomic mass is 19.1. The molecule has 16 heteroatoms. The van der Waals surface area contributed by atoms with Crippen LogP contribution in [0.25, 0.3) is 5.69 Å². The van der Waals surface area contributed by atoms with Gasteiger partial charge in [0.05, 0.1) is 29.8 Å². The number of carboxylic acid groups (broad SMARTS) is 4. The molecule has 6 N–H and O–H groups in total. The van der Waals surface area contributed by atoms with Crippen molar-refractivity contribution in [3.63, 3.8) is 0 Å². The monoisotopic (exact) mass is 627 g/mol. The van der Waals surface area contributed by atoms with Gasteiger partial charge >= 0.3 is 29.9 Å². The second-order valence-electron chi connectivity index (χ2n) is 9.97. The lowest BCUT2D eigenvalue weighted by Crippen LogP contribution is -2.51. The average molecular weight is 628 g/mol. The summed E-state index contributed by atoms with van der Waals surface area (Å²) in [7, 11) is 0. The number of aliphatic carboxylic acids is 3. The van der Waals surface area contributed by atoms with Gasteiger partial charge in [0.15, 0.2) is 5.78 Å². The minimum Gasteiger partial charge on any atom is -0.481 e. The minimum absolute atomic E-state index is 0.0963. The molecular weight excluding hydrogens is 597 g/mol. The second-order valence-corrected chi connectivity index (χ2v) is 9.97. The number of nitrogens with one attached hydrogen (secondary N) is 2. The lowest BCUT2D eigenvalue weighted by molar-refractivity contribution is -0.140. The first kappa shape index (κ1) is 33.8. The number of hydrogen-bond acceptors (Lipinski definition) is 8. The van der Waals surface area contributed by atoms with Crippen LogP contribution in [-0.2, 0) is 33.6 Å². The van der Waals surface area contributed by atoms with Crippen LogP contribution in [0.3, 0.4) is 0 Å². The molecule has 0 fully saturated rings. The summed E-state index contributed by atoms with van der Waals surface area (Å²) >= 11 is 0. The molecule has 3 aromatic rings. The highest BCUT2D eigenvalue weighted by Gasteiger charge is 2.25. The van der Waals surface area contributed by atoms with Gasteiger partial charge < -0.3 is 31.1 Å². The van der Waals surface area contributed by atoms with Gasteiger partial charge in [-0.05, 0) is 48.6 Å². The van der Waals surface area contributed by atoms with Crippen LogP contribution in [-0.4, -0.2) is 89.9 Å². The van der Waals surface area contributed by atoms with Crippen molar-refractivity contribution in [3.8, 4) is 5.69 Å². The Kier molecular flexibility index (Phi) is 11.8. The van der Waals surface area contributed by atoms with Crippen molar-refractivity contribution < 1.29 is 53.6 Å². The number of urea groups is 1. The Bertz CT molecular complexity index is 1570. The Morgan fingerprint density at radius 1 is 0.844 bits per heavy atom.